The van der Waals surface area contributed by atoms with Gasteiger partial charge in [-0.05, 0) is 41.7 Å². The van der Waals surface area contributed by atoms with Gasteiger partial charge in [-0.1, -0.05) is 18.2 Å². The average Bonchev–Trinajstić information content (AvgIpc) is 3.31. The van der Waals surface area contributed by atoms with Crippen LogP contribution in [0.4, 0.5) is 5.82 Å². The van der Waals surface area contributed by atoms with Crippen LogP contribution in [0.25, 0.3) is 0 Å². The highest BCUT2D eigenvalue weighted by atomic mass is 35.5. The average molecular weight is 395 g/mol. The number of carbonyl (C=O) groups is 1. The summed E-state index contributed by atoms with van der Waals surface area (Å²) >= 11 is 0. The number of nitrogens with zero attached hydrogens (tertiary/aromatic N) is 2. The van der Waals surface area contributed by atoms with E-state index in [2.05, 4.69) is 38.7 Å². The zero-order valence-electron chi connectivity index (χ0n) is 14.5. The summed E-state index contributed by atoms with van der Waals surface area (Å²) in [6.07, 6.45) is 4.12. The second-order valence-electron chi connectivity index (χ2n) is 6.49. The van der Waals surface area contributed by atoms with Gasteiger partial charge in [0.15, 0.2) is 0 Å². The Kier molecular flexibility index (Phi) is 7.26. The van der Waals surface area contributed by atoms with Crippen LogP contribution in [-0.4, -0.2) is 24.0 Å². The minimum Gasteiger partial charge on any atom is -0.357 e. The Bertz CT molecular complexity index is 746. The summed E-state index contributed by atoms with van der Waals surface area (Å²) in [5.41, 5.74) is 4.43. The number of fused-ring (bicyclic) bond motifs is 1. The topological polar surface area (TPSA) is 57.3 Å². The zero-order chi connectivity index (χ0) is 16.4. The van der Waals surface area contributed by atoms with Gasteiger partial charge in [0.2, 0.25) is 0 Å². The Hall–Kier alpha value is -1.82. The van der Waals surface area contributed by atoms with Crippen molar-refractivity contribution in [3.05, 3.63) is 58.8 Å². The van der Waals surface area contributed by atoms with E-state index in [1.165, 1.54) is 24.0 Å². The van der Waals surface area contributed by atoms with Gasteiger partial charge in [0.25, 0.3) is 5.91 Å². The molecule has 7 heteroatoms. The number of pyridine rings is 1. The first-order valence-electron chi connectivity index (χ1n) is 8.60. The van der Waals surface area contributed by atoms with Crippen molar-refractivity contribution in [3.63, 3.8) is 0 Å². The van der Waals surface area contributed by atoms with Crippen LogP contribution in [0.2, 0.25) is 0 Å². The lowest BCUT2D eigenvalue weighted by molar-refractivity contribution is 0.0950. The van der Waals surface area contributed by atoms with E-state index in [0.717, 1.165) is 37.6 Å². The smallest absolute Gasteiger partial charge is 0.253 e. The minimum absolute atomic E-state index is 0. The molecule has 4 rings (SSSR count). The lowest BCUT2D eigenvalue weighted by Crippen LogP contribution is -2.24. The van der Waals surface area contributed by atoms with Gasteiger partial charge in [-0.25, -0.2) is 4.98 Å². The van der Waals surface area contributed by atoms with Crippen molar-refractivity contribution in [1.82, 2.24) is 15.6 Å². The molecule has 1 amide bonds. The molecule has 2 aliphatic rings. The SMILES string of the molecule is Cl.Cl.O=C(NCc1ccc2c(c1)CNC2)c1ccc(N2CCCC2)nc1. The Balaban J connectivity index is 0.00000121. The monoisotopic (exact) mass is 394 g/mol. The van der Waals surface area contributed by atoms with Crippen molar-refractivity contribution in [2.45, 2.75) is 32.5 Å². The number of halogens is 2. The van der Waals surface area contributed by atoms with Crippen LogP contribution < -0.4 is 15.5 Å². The molecule has 1 aromatic heterocycles. The van der Waals surface area contributed by atoms with E-state index in [4.69, 9.17) is 0 Å². The molecule has 2 N–H and O–H groups in total. The number of amides is 1. The molecule has 0 unspecified atom stereocenters. The fourth-order valence-corrected chi connectivity index (χ4v) is 3.40. The van der Waals surface area contributed by atoms with Crippen LogP contribution in [-0.2, 0) is 19.6 Å². The molecule has 0 radical (unpaired) electrons. The van der Waals surface area contributed by atoms with Crippen LogP contribution in [0.3, 0.4) is 0 Å². The molecular weight excluding hydrogens is 371 g/mol. The van der Waals surface area contributed by atoms with Crippen molar-refractivity contribution in [3.8, 4) is 0 Å². The standard InChI is InChI=1S/C19H22N4O.2ClH/c24-19(16-5-6-18(21-13-16)23-7-1-2-8-23)22-10-14-3-4-15-11-20-12-17(15)9-14;;/h3-6,9,13,20H,1-2,7-8,10-12H2,(H,22,24);2*1H. The Morgan fingerprint density at radius 2 is 1.85 bits per heavy atom. The van der Waals surface area contributed by atoms with Crippen molar-refractivity contribution in [2.24, 2.45) is 0 Å². The maximum absolute atomic E-state index is 12.3. The van der Waals surface area contributed by atoms with Crippen molar-refractivity contribution in [2.75, 3.05) is 18.0 Å². The first-order valence-corrected chi connectivity index (χ1v) is 8.60. The van der Waals surface area contributed by atoms with E-state index in [-0.39, 0.29) is 30.7 Å². The minimum atomic E-state index is -0.0749. The van der Waals surface area contributed by atoms with Gasteiger partial charge in [-0.15, -0.1) is 24.8 Å². The molecule has 2 aliphatic heterocycles. The highest BCUT2D eigenvalue weighted by Crippen LogP contribution is 2.18. The van der Waals surface area contributed by atoms with Crippen LogP contribution in [0.15, 0.2) is 36.5 Å². The van der Waals surface area contributed by atoms with Crippen molar-refractivity contribution in [1.29, 1.82) is 0 Å². The first-order chi connectivity index (χ1) is 11.8. The number of rotatable bonds is 4. The first kappa shape index (κ1) is 20.5. The highest BCUT2D eigenvalue weighted by molar-refractivity contribution is 5.94. The molecule has 1 fully saturated rings. The number of carbonyl (C=O) groups excluding carboxylic acids is 1. The maximum Gasteiger partial charge on any atom is 0.253 e. The lowest BCUT2D eigenvalue weighted by Gasteiger charge is -2.16. The van der Waals surface area contributed by atoms with E-state index in [1.54, 1.807) is 6.20 Å². The summed E-state index contributed by atoms with van der Waals surface area (Å²) in [5.74, 6) is 0.893. The van der Waals surface area contributed by atoms with Gasteiger partial charge in [-0.3, -0.25) is 4.79 Å². The van der Waals surface area contributed by atoms with E-state index in [9.17, 15) is 4.79 Å². The Labute approximate surface area is 166 Å². The van der Waals surface area contributed by atoms with E-state index >= 15 is 0 Å². The predicted molar refractivity (Wildman–Crippen MR) is 108 cm³/mol. The van der Waals surface area contributed by atoms with E-state index in [0.29, 0.717) is 12.1 Å². The molecule has 2 aromatic rings. The Morgan fingerprint density at radius 1 is 1.08 bits per heavy atom. The third-order valence-corrected chi connectivity index (χ3v) is 4.79. The third kappa shape index (κ3) is 4.47. The summed E-state index contributed by atoms with van der Waals surface area (Å²) in [6.45, 7) is 4.52. The van der Waals surface area contributed by atoms with Gasteiger partial charge in [0.1, 0.15) is 5.82 Å². The fraction of sp³-hybridized carbons (Fsp3) is 0.368. The summed E-state index contributed by atoms with van der Waals surface area (Å²) in [6, 6.07) is 10.2. The second-order valence-corrected chi connectivity index (χ2v) is 6.49. The molecule has 1 saturated heterocycles. The van der Waals surface area contributed by atoms with Gasteiger partial charge in [0, 0.05) is 38.9 Å². The Morgan fingerprint density at radius 3 is 2.58 bits per heavy atom. The van der Waals surface area contributed by atoms with Crippen molar-refractivity contribution >= 4 is 36.5 Å². The number of nitrogens with one attached hydrogen (secondary N) is 2. The van der Waals surface area contributed by atoms with Crippen LogP contribution in [0, 0.1) is 0 Å². The molecule has 26 heavy (non-hydrogen) atoms. The molecule has 0 bridgehead atoms. The molecular formula is C19H24Cl2N4O. The predicted octanol–water partition coefficient (Wildman–Crippen LogP) is 3.06. The number of aromatic nitrogens is 1. The van der Waals surface area contributed by atoms with Crippen LogP contribution in [0.1, 0.15) is 39.9 Å². The third-order valence-electron chi connectivity index (χ3n) is 4.79. The van der Waals surface area contributed by atoms with E-state index in [1.807, 2.05) is 12.1 Å². The summed E-state index contributed by atoms with van der Waals surface area (Å²) < 4.78 is 0. The van der Waals surface area contributed by atoms with Crippen molar-refractivity contribution < 1.29 is 4.79 Å². The molecule has 0 spiro atoms. The number of hydrogen-bond donors (Lipinski definition) is 2. The van der Waals surface area contributed by atoms with Gasteiger partial charge in [0.05, 0.1) is 5.56 Å². The summed E-state index contributed by atoms with van der Waals surface area (Å²) in [5, 5.41) is 6.32. The van der Waals surface area contributed by atoms with Gasteiger partial charge in [-0.2, -0.15) is 0 Å². The lowest BCUT2D eigenvalue weighted by atomic mass is 10.1. The zero-order valence-corrected chi connectivity index (χ0v) is 16.2. The van der Waals surface area contributed by atoms with Gasteiger partial charge >= 0.3 is 0 Å². The molecule has 1 aromatic carbocycles. The molecule has 140 valence electrons. The van der Waals surface area contributed by atoms with Gasteiger partial charge < -0.3 is 15.5 Å². The molecule has 0 atom stereocenters. The largest absolute Gasteiger partial charge is 0.357 e. The molecule has 0 aliphatic carbocycles. The number of hydrogen-bond acceptors (Lipinski definition) is 4. The fourth-order valence-electron chi connectivity index (χ4n) is 3.40. The second kappa shape index (κ2) is 9.21. The molecule has 0 saturated carbocycles. The molecule has 3 heterocycles. The normalized spacial score (nSPS) is 15.0. The summed E-state index contributed by atoms with van der Waals surface area (Å²) in [4.78, 5) is 19.0. The summed E-state index contributed by atoms with van der Waals surface area (Å²) in [7, 11) is 0. The quantitative estimate of drug-likeness (QED) is 0.836. The number of benzene rings is 1. The molecule has 5 nitrogen and oxygen atoms in total. The van der Waals surface area contributed by atoms with Crippen LogP contribution in [0.5, 0.6) is 0 Å². The number of anilines is 1. The van der Waals surface area contributed by atoms with E-state index < -0.39 is 0 Å². The maximum atomic E-state index is 12.3. The van der Waals surface area contributed by atoms with Crippen LogP contribution >= 0.6 is 24.8 Å². The highest BCUT2D eigenvalue weighted by Gasteiger charge is 2.14.